The summed E-state index contributed by atoms with van der Waals surface area (Å²) in [4.78, 5) is 0. The van der Waals surface area contributed by atoms with Crippen molar-refractivity contribution >= 4 is 47.8 Å². The molecule has 1 rings (SSSR count). The van der Waals surface area contributed by atoms with Gasteiger partial charge >= 0.3 is 0 Å². The highest BCUT2D eigenvalue weighted by Crippen LogP contribution is 2.35. The quantitative estimate of drug-likeness (QED) is 0.331. The molecule has 0 saturated carbocycles. The summed E-state index contributed by atoms with van der Waals surface area (Å²) in [5.41, 5.74) is 1.23. The lowest BCUT2D eigenvalue weighted by molar-refractivity contribution is 0.301. The molecule has 0 N–H and O–H groups in total. The Morgan fingerprint density at radius 3 is 2.17 bits per heavy atom. The maximum absolute atomic E-state index is 5.84. The molecule has 0 saturated heterocycles. The first-order valence-electron chi connectivity index (χ1n) is 6.35. The molecule has 0 atom stereocenters. The van der Waals surface area contributed by atoms with Crippen LogP contribution >= 0.6 is 47.8 Å². The Hall–Kier alpha value is 0.460. The van der Waals surface area contributed by atoms with Crippen LogP contribution in [0.4, 0.5) is 0 Å². The Balaban J connectivity index is 2.42. The molecule has 102 valence electrons. The van der Waals surface area contributed by atoms with Gasteiger partial charge in [0.05, 0.1) is 15.6 Å². The van der Waals surface area contributed by atoms with Gasteiger partial charge in [0.15, 0.2) is 0 Å². The van der Waals surface area contributed by atoms with Gasteiger partial charge in [-0.1, -0.05) is 48.5 Å². The lowest BCUT2D eigenvalue weighted by Gasteiger charge is -2.11. The van der Waals surface area contributed by atoms with Crippen LogP contribution in [0.25, 0.3) is 0 Å². The Bertz CT molecular complexity index is 343. The van der Waals surface area contributed by atoms with Gasteiger partial charge < -0.3 is 4.74 Å². The van der Waals surface area contributed by atoms with E-state index < -0.39 is 0 Å². The molecule has 0 aliphatic carbocycles. The molecule has 18 heavy (non-hydrogen) atoms. The summed E-state index contributed by atoms with van der Waals surface area (Å²) in [6, 6.07) is 4.18. The number of unbranched alkanes of at least 4 members (excludes halogenated alkanes) is 4. The Kier molecular flexibility index (Phi) is 8.60. The molecular formula is C14H19Br3O. The second-order valence-electron chi connectivity index (χ2n) is 4.28. The van der Waals surface area contributed by atoms with Crippen LogP contribution < -0.4 is 4.74 Å². The molecule has 0 amide bonds. The topological polar surface area (TPSA) is 9.23 Å². The van der Waals surface area contributed by atoms with Crippen LogP contribution in [0, 0.1) is 0 Å². The highest BCUT2D eigenvalue weighted by molar-refractivity contribution is 9.11. The standard InChI is InChI=1S/C14H19Br3O/c1-2-3-4-5-6-7-18-14-12(16)8-11(10-15)9-13(14)17/h8-9H,2-7,10H2,1H3. The molecule has 0 unspecified atom stereocenters. The first-order valence-corrected chi connectivity index (χ1v) is 9.06. The molecular weight excluding hydrogens is 424 g/mol. The predicted octanol–water partition coefficient (Wildman–Crippen LogP) is 6.46. The zero-order valence-corrected chi connectivity index (χ0v) is 15.4. The molecule has 1 aromatic rings. The zero-order chi connectivity index (χ0) is 13.4. The largest absolute Gasteiger partial charge is 0.491 e. The van der Waals surface area contributed by atoms with E-state index in [0.717, 1.165) is 33.1 Å². The minimum atomic E-state index is 0.786. The van der Waals surface area contributed by atoms with Crippen LogP contribution in [-0.2, 0) is 5.33 Å². The third-order valence-corrected chi connectivity index (χ3v) is 4.53. The summed E-state index contributed by atoms with van der Waals surface area (Å²) < 4.78 is 7.87. The van der Waals surface area contributed by atoms with Crippen LogP contribution in [0.3, 0.4) is 0 Å². The monoisotopic (exact) mass is 440 g/mol. The summed E-state index contributed by atoms with van der Waals surface area (Å²) in [7, 11) is 0. The first-order chi connectivity index (χ1) is 8.69. The van der Waals surface area contributed by atoms with E-state index in [0.29, 0.717) is 0 Å². The van der Waals surface area contributed by atoms with Gasteiger partial charge in [-0.25, -0.2) is 0 Å². The number of ether oxygens (including phenoxy) is 1. The second kappa shape index (κ2) is 9.38. The average Bonchev–Trinajstić information content (AvgIpc) is 2.35. The lowest BCUT2D eigenvalue weighted by atomic mass is 10.2. The fraction of sp³-hybridized carbons (Fsp3) is 0.571. The van der Waals surface area contributed by atoms with Crippen molar-refractivity contribution in [1.82, 2.24) is 0 Å². The molecule has 1 aromatic carbocycles. The molecule has 0 spiro atoms. The van der Waals surface area contributed by atoms with Gasteiger partial charge in [0.2, 0.25) is 0 Å². The Morgan fingerprint density at radius 2 is 1.61 bits per heavy atom. The van der Waals surface area contributed by atoms with Crippen molar-refractivity contribution in [2.24, 2.45) is 0 Å². The van der Waals surface area contributed by atoms with Crippen molar-refractivity contribution in [2.45, 2.75) is 44.4 Å². The van der Waals surface area contributed by atoms with Crippen molar-refractivity contribution in [1.29, 1.82) is 0 Å². The Labute approximate surface area is 135 Å². The molecule has 0 aromatic heterocycles. The maximum atomic E-state index is 5.84. The van der Waals surface area contributed by atoms with E-state index in [1.54, 1.807) is 0 Å². The minimum Gasteiger partial charge on any atom is -0.491 e. The fourth-order valence-corrected chi connectivity index (χ4v) is 3.54. The van der Waals surface area contributed by atoms with E-state index in [1.807, 2.05) is 0 Å². The van der Waals surface area contributed by atoms with E-state index in [9.17, 15) is 0 Å². The van der Waals surface area contributed by atoms with E-state index >= 15 is 0 Å². The fourth-order valence-electron chi connectivity index (χ4n) is 1.71. The van der Waals surface area contributed by atoms with E-state index in [4.69, 9.17) is 4.74 Å². The van der Waals surface area contributed by atoms with Crippen molar-refractivity contribution in [3.8, 4) is 5.75 Å². The summed E-state index contributed by atoms with van der Waals surface area (Å²) >= 11 is 10.6. The molecule has 0 radical (unpaired) electrons. The smallest absolute Gasteiger partial charge is 0.147 e. The van der Waals surface area contributed by atoms with E-state index in [2.05, 4.69) is 66.8 Å². The van der Waals surface area contributed by atoms with Crippen molar-refractivity contribution in [3.63, 3.8) is 0 Å². The third kappa shape index (κ3) is 5.62. The molecule has 0 aliphatic rings. The second-order valence-corrected chi connectivity index (χ2v) is 6.55. The van der Waals surface area contributed by atoms with Crippen LogP contribution in [0.2, 0.25) is 0 Å². The van der Waals surface area contributed by atoms with Gasteiger partial charge in [-0.3, -0.25) is 0 Å². The van der Waals surface area contributed by atoms with Crippen LogP contribution in [0.15, 0.2) is 21.1 Å². The minimum absolute atomic E-state index is 0.786. The number of benzene rings is 1. The number of halogens is 3. The summed E-state index contributed by atoms with van der Waals surface area (Å²) in [5.74, 6) is 0.912. The van der Waals surface area contributed by atoms with Gasteiger partial charge in [0, 0.05) is 5.33 Å². The summed E-state index contributed by atoms with van der Waals surface area (Å²) in [6.45, 7) is 3.02. The first kappa shape index (κ1) is 16.5. The van der Waals surface area contributed by atoms with Gasteiger partial charge in [0.25, 0.3) is 0 Å². The van der Waals surface area contributed by atoms with Crippen molar-refractivity contribution in [3.05, 3.63) is 26.6 Å². The van der Waals surface area contributed by atoms with E-state index in [-0.39, 0.29) is 0 Å². The number of hydrogen-bond donors (Lipinski definition) is 0. The van der Waals surface area contributed by atoms with Crippen LogP contribution in [-0.4, -0.2) is 6.61 Å². The van der Waals surface area contributed by atoms with E-state index in [1.165, 1.54) is 31.2 Å². The molecule has 0 aliphatic heterocycles. The van der Waals surface area contributed by atoms with Gasteiger partial charge in [-0.15, -0.1) is 0 Å². The Morgan fingerprint density at radius 1 is 1.00 bits per heavy atom. The number of alkyl halides is 1. The molecule has 4 heteroatoms. The molecule has 0 bridgehead atoms. The van der Waals surface area contributed by atoms with Gasteiger partial charge in [-0.2, -0.15) is 0 Å². The third-order valence-electron chi connectivity index (χ3n) is 2.71. The number of hydrogen-bond acceptors (Lipinski definition) is 1. The average molecular weight is 443 g/mol. The highest BCUT2D eigenvalue weighted by atomic mass is 79.9. The van der Waals surface area contributed by atoms with Crippen LogP contribution in [0.1, 0.15) is 44.6 Å². The summed E-state index contributed by atoms with van der Waals surface area (Å²) in [5, 5.41) is 0.849. The normalized spacial score (nSPS) is 10.7. The molecule has 1 nitrogen and oxygen atoms in total. The lowest BCUT2D eigenvalue weighted by Crippen LogP contribution is -1.99. The predicted molar refractivity (Wildman–Crippen MR) is 88.7 cm³/mol. The highest BCUT2D eigenvalue weighted by Gasteiger charge is 2.08. The summed E-state index contributed by atoms with van der Waals surface area (Å²) in [6.07, 6.45) is 6.30. The van der Waals surface area contributed by atoms with Crippen molar-refractivity contribution < 1.29 is 4.74 Å². The van der Waals surface area contributed by atoms with Gasteiger partial charge in [0.1, 0.15) is 5.75 Å². The number of rotatable bonds is 8. The molecule has 0 fully saturated rings. The zero-order valence-electron chi connectivity index (χ0n) is 10.6. The van der Waals surface area contributed by atoms with Gasteiger partial charge in [-0.05, 0) is 56.0 Å². The van der Waals surface area contributed by atoms with Crippen molar-refractivity contribution in [2.75, 3.05) is 6.61 Å². The maximum Gasteiger partial charge on any atom is 0.147 e. The van der Waals surface area contributed by atoms with Crippen LogP contribution in [0.5, 0.6) is 5.75 Å². The molecule has 0 heterocycles. The SMILES string of the molecule is CCCCCCCOc1c(Br)cc(CBr)cc1Br.